The van der Waals surface area contributed by atoms with Crippen LogP contribution in [0, 0.1) is 0 Å². The number of benzene rings is 1. The smallest absolute Gasteiger partial charge is 0.228 e. The molecule has 0 bridgehead atoms. The van der Waals surface area contributed by atoms with Crippen LogP contribution < -0.4 is 15.4 Å². The largest absolute Gasteiger partial charge is 0.496 e. The molecule has 0 saturated carbocycles. The van der Waals surface area contributed by atoms with Crippen molar-refractivity contribution in [2.24, 2.45) is 0 Å². The number of rotatable bonds is 6. The molecule has 2 N–H and O–H groups in total. The van der Waals surface area contributed by atoms with Crippen LogP contribution in [0.1, 0.15) is 5.56 Å². The van der Waals surface area contributed by atoms with Gasteiger partial charge in [0.15, 0.2) is 0 Å². The summed E-state index contributed by atoms with van der Waals surface area (Å²) in [7, 11) is 3.39. The number of ether oxygens (including phenoxy) is 1. The number of halogens is 1. The van der Waals surface area contributed by atoms with Crippen molar-refractivity contribution in [2.75, 3.05) is 31.3 Å². The van der Waals surface area contributed by atoms with E-state index in [1.807, 2.05) is 24.3 Å². The molecule has 2 aromatic rings. The second-order valence-electron chi connectivity index (χ2n) is 3.99. The number of nitrogens with zero attached hydrogens (tertiary/aromatic N) is 3. The molecule has 0 aliphatic rings. The number of nitrogens with one attached hydrogen (secondary N) is 2. The number of hydrogen-bond donors (Lipinski definition) is 2. The molecule has 1 heterocycles. The molecule has 0 aliphatic heterocycles. The average Bonchev–Trinajstić information content (AvgIpc) is 2.47. The Bertz CT molecular complexity index is 578. The van der Waals surface area contributed by atoms with Crippen molar-refractivity contribution in [1.29, 1.82) is 0 Å². The molecule has 0 spiro atoms. The third-order valence-electron chi connectivity index (χ3n) is 2.70. The summed E-state index contributed by atoms with van der Waals surface area (Å²) in [5, 5.41) is 6.10. The lowest BCUT2D eigenvalue weighted by molar-refractivity contribution is 0.410. The zero-order valence-electron chi connectivity index (χ0n) is 11.4. The third-order valence-corrected chi connectivity index (χ3v) is 2.87. The summed E-state index contributed by atoms with van der Waals surface area (Å²) in [4.78, 5) is 12.1. The zero-order chi connectivity index (χ0) is 14.4. The van der Waals surface area contributed by atoms with E-state index in [1.54, 1.807) is 14.2 Å². The summed E-state index contributed by atoms with van der Waals surface area (Å²) in [5.74, 6) is 1.76. The second-order valence-corrected chi connectivity index (χ2v) is 4.33. The van der Waals surface area contributed by atoms with Gasteiger partial charge in [0.25, 0.3) is 0 Å². The molecule has 0 fully saturated rings. The van der Waals surface area contributed by atoms with Gasteiger partial charge in [-0.15, -0.1) is 0 Å². The maximum Gasteiger partial charge on any atom is 0.228 e. The van der Waals surface area contributed by atoms with Gasteiger partial charge >= 0.3 is 0 Å². The maximum absolute atomic E-state index is 5.81. The number of aromatic nitrogens is 3. The van der Waals surface area contributed by atoms with Crippen LogP contribution in [0.5, 0.6) is 5.75 Å². The first kappa shape index (κ1) is 14.3. The van der Waals surface area contributed by atoms with Crippen LogP contribution in [0.2, 0.25) is 5.28 Å². The normalized spacial score (nSPS) is 10.2. The molecule has 0 unspecified atom stereocenters. The van der Waals surface area contributed by atoms with Crippen molar-refractivity contribution in [3.63, 3.8) is 0 Å². The van der Waals surface area contributed by atoms with Gasteiger partial charge in [-0.1, -0.05) is 18.2 Å². The molecule has 0 atom stereocenters. The predicted molar refractivity (Wildman–Crippen MR) is 79.6 cm³/mol. The van der Waals surface area contributed by atoms with E-state index in [2.05, 4.69) is 25.6 Å². The Morgan fingerprint density at radius 3 is 2.65 bits per heavy atom. The highest BCUT2D eigenvalue weighted by Gasteiger charge is 2.05. The quantitative estimate of drug-likeness (QED) is 0.851. The zero-order valence-corrected chi connectivity index (χ0v) is 12.1. The Balaban J connectivity index is 1.97. The van der Waals surface area contributed by atoms with E-state index in [4.69, 9.17) is 16.3 Å². The lowest BCUT2D eigenvalue weighted by Gasteiger charge is -2.09. The van der Waals surface area contributed by atoms with Gasteiger partial charge in [0, 0.05) is 13.6 Å². The van der Waals surface area contributed by atoms with Gasteiger partial charge in [-0.2, -0.15) is 15.0 Å². The van der Waals surface area contributed by atoms with Gasteiger partial charge in [0.05, 0.1) is 7.11 Å². The Hall–Kier alpha value is -2.08. The van der Waals surface area contributed by atoms with Crippen molar-refractivity contribution in [3.8, 4) is 5.75 Å². The molecular weight excluding hydrogens is 278 g/mol. The van der Waals surface area contributed by atoms with Crippen LogP contribution in [0.4, 0.5) is 11.9 Å². The Kier molecular flexibility index (Phi) is 4.95. The van der Waals surface area contributed by atoms with Gasteiger partial charge in [-0.05, 0) is 29.7 Å². The van der Waals surface area contributed by atoms with Crippen LogP contribution in [0.25, 0.3) is 0 Å². The van der Waals surface area contributed by atoms with Crippen molar-refractivity contribution >= 4 is 23.5 Å². The number of methoxy groups -OCH3 is 1. The van der Waals surface area contributed by atoms with Crippen molar-refractivity contribution in [3.05, 3.63) is 35.1 Å². The Labute approximate surface area is 122 Å². The number of para-hydroxylation sites is 1. The molecule has 0 radical (unpaired) electrons. The minimum absolute atomic E-state index is 0.157. The molecule has 1 aromatic heterocycles. The predicted octanol–water partition coefficient (Wildman–Crippen LogP) is 2.23. The SMILES string of the molecule is CNc1nc(Cl)nc(NCCc2ccccc2OC)n1. The van der Waals surface area contributed by atoms with Crippen molar-refractivity contribution in [1.82, 2.24) is 15.0 Å². The highest BCUT2D eigenvalue weighted by atomic mass is 35.5. The summed E-state index contributed by atoms with van der Waals surface area (Å²) in [6.45, 7) is 0.671. The fourth-order valence-corrected chi connectivity index (χ4v) is 1.92. The van der Waals surface area contributed by atoms with Crippen molar-refractivity contribution in [2.45, 2.75) is 6.42 Å². The standard InChI is InChI=1S/C13H16ClN5O/c1-15-12-17-11(14)18-13(19-12)16-8-7-9-5-3-4-6-10(9)20-2/h3-6H,7-8H2,1-2H3,(H2,15,16,17,18,19). The minimum Gasteiger partial charge on any atom is -0.496 e. The van der Waals surface area contributed by atoms with Gasteiger partial charge in [0.1, 0.15) is 5.75 Å². The monoisotopic (exact) mass is 293 g/mol. The van der Waals surface area contributed by atoms with Gasteiger partial charge in [-0.25, -0.2) is 0 Å². The summed E-state index contributed by atoms with van der Waals surface area (Å²) < 4.78 is 5.30. The molecular formula is C13H16ClN5O. The number of hydrogen-bond acceptors (Lipinski definition) is 6. The first-order chi connectivity index (χ1) is 9.72. The molecule has 2 rings (SSSR count). The van der Waals surface area contributed by atoms with E-state index >= 15 is 0 Å². The van der Waals surface area contributed by atoms with E-state index in [-0.39, 0.29) is 5.28 Å². The van der Waals surface area contributed by atoms with Crippen LogP contribution in [-0.2, 0) is 6.42 Å². The number of anilines is 2. The molecule has 0 amide bonds. The van der Waals surface area contributed by atoms with Crippen LogP contribution in [0.3, 0.4) is 0 Å². The summed E-state index contributed by atoms with van der Waals surface area (Å²) in [5.41, 5.74) is 1.12. The summed E-state index contributed by atoms with van der Waals surface area (Å²) in [6, 6.07) is 7.89. The average molecular weight is 294 g/mol. The van der Waals surface area contributed by atoms with Gasteiger partial charge in [0.2, 0.25) is 17.2 Å². The summed E-state index contributed by atoms with van der Waals surface area (Å²) >= 11 is 5.81. The molecule has 20 heavy (non-hydrogen) atoms. The molecule has 0 aliphatic carbocycles. The van der Waals surface area contributed by atoms with E-state index < -0.39 is 0 Å². The summed E-state index contributed by atoms with van der Waals surface area (Å²) in [6.07, 6.45) is 0.794. The molecule has 0 saturated heterocycles. The Morgan fingerprint density at radius 1 is 1.15 bits per heavy atom. The third kappa shape index (κ3) is 3.71. The maximum atomic E-state index is 5.81. The second kappa shape index (κ2) is 6.91. The topological polar surface area (TPSA) is 72.0 Å². The highest BCUT2D eigenvalue weighted by Crippen LogP contribution is 2.17. The highest BCUT2D eigenvalue weighted by molar-refractivity contribution is 6.28. The van der Waals surface area contributed by atoms with E-state index in [9.17, 15) is 0 Å². The minimum atomic E-state index is 0.157. The van der Waals surface area contributed by atoms with Crippen LogP contribution in [-0.4, -0.2) is 35.7 Å². The molecule has 7 heteroatoms. The van der Waals surface area contributed by atoms with Gasteiger partial charge in [-0.3, -0.25) is 0 Å². The van der Waals surface area contributed by atoms with E-state index in [0.717, 1.165) is 17.7 Å². The van der Waals surface area contributed by atoms with E-state index in [1.165, 1.54) is 0 Å². The van der Waals surface area contributed by atoms with Crippen LogP contribution >= 0.6 is 11.6 Å². The fourth-order valence-electron chi connectivity index (χ4n) is 1.76. The molecule has 6 nitrogen and oxygen atoms in total. The lowest BCUT2D eigenvalue weighted by atomic mass is 10.1. The first-order valence-corrected chi connectivity index (χ1v) is 6.56. The fraction of sp³-hybridized carbons (Fsp3) is 0.308. The van der Waals surface area contributed by atoms with Gasteiger partial charge < -0.3 is 15.4 Å². The lowest BCUT2D eigenvalue weighted by Crippen LogP contribution is -2.10. The van der Waals surface area contributed by atoms with E-state index in [0.29, 0.717) is 18.4 Å². The Morgan fingerprint density at radius 2 is 1.90 bits per heavy atom. The van der Waals surface area contributed by atoms with Crippen LogP contribution in [0.15, 0.2) is 24.3 Å². The first-order valence-electron chi connectivity index (χ1n) is 6.18. The molecule has 1 aromatic carbocycles. The molecule has 106 valence electrons. The van der Waals surface area contributed by atoms with Crippen molar-refractivity contribution < 1.29 is 4.74 Å².